The normalized spacial score (nSPS) is 13.9. The first-order chi connectivity index (χ1) is 8.04. The minimum atomic E-state index is -4.35. The molecule has 0 aliphatic rings. The molecule has 1 aromatic carbocycles. The summed E-state index contributed by atoms with van der Waals surface area (Å²) < 4.78 is 38.5. The zero-order valence-corrected chi connectivity index (χ0v) is 8.91. The van der Waals surface area contributed by atoms with Crippen LogP contribution in [0.3, 0.4) is 0 Å². The van der Waals surface area contributed by atoms with E-state index in [1.54, 1.807) is 24.3 Å². The van der Waals surface area contributed by atoms with Gasteiger partial charge in [0.15, 0.2) is 0 Å². The van der Waals surface area contributed by atoms with E-state index in [0.29, 0.717) is 10.9 Å². The summed E-state index contributed by atoms with van der Waals surface area (Å²) in [6, 6.07) is 8.18. The summed E-state index contributed by atoms with van der Waals surface area (Å²) in [7, 11) is 0. The van der Waals surface area contributed by atoms with Crippen molar-refractivity contribution in [3.05, 3.63) is 42.1 Å². The SMILES string of the molecule is NCC(c1cccc2cccnc12)C(F)(F)F. The van der Waals surface area contributed by atoms with Crippen LogP contribution in [0.2, 0.25) is 0 Å². The molecule has 0 fully saturated rings. The van der Waals surface area contributed by atoms with Crippen molar-refractivity contribution in [3.8, 4) is 0 Å². The molecule has 17 heavy (non-hydrogen) atoms. The predicted octanol–water partition coefficient (Wildman–Crippen LogP) is 2.84. The topological polar surface area (TPSA) is 38.9 Å². The van der Waals surface area contributed by atoms with Crippen LogP contribution in [-0.2, 0) is 0 Å². The van der Waals surface area contributed by atoms with Crippen molar-refractivity contribution in [3.63, 3.8) is 0 Å². The fourth-order valence-corrected chi connectivity index (χ4v) is 1.85. The highest BCUT2D eigenvalue weighted by atomic mass is 19.4. The molecular formula is C12H11F3N2. The van der Waals surface area contributed by atoms with Crippen LogP contribution < -0.4 is 5.73 Å². The molecule has 1 aromatic heterocycles. The lowest BCUT2D eigenvalue weighted by molar-refractivity contribution is -0.147. The van der Waals surface area contributed by atoms with Crippen molar-refractivity contribution in [2.45, 2.75) is 12.1 Å². The molecule has 2 nitrogen and oxygen atoms in total. The van der Waals surface area contributed by atoms with Crippen molar-refractivity contribution in [2.24, 2.45) is 5.73 Å². The Kier molecular flexibility index (Phi) is 3.02. The molecule has 0 aliphatic heterocycles. The van der Waals surface area contributed by atoms with Gasteiger partial charge in [-0.25, -0.2) is 0 Å². The number of hydrogen-bond acceptors (Lipinski definition) is 2. The summed E-state index contributed by atoms with van der Waals surface area (Å²) in [6.45, 7) is -0.473. The molecule has 5 heteroatoms. The lowest BCUT2D eigenvalue weighted by Crippen LogP contribution is -2.28. The zero-order chi connectivity index (χ0) is 12.5. The van der Waals surface area contributed by atoms with Crippen LogP contribution in [0.1, 0.15) is 11.5 Å². The number of pyridine rings is 1. The Morgan fingerprint density at radius 3 is 2.53 bits per heavy atom. The minimum Gasteiger partial charge on any atom is -0.330 e. The van der Waals surface area contributed by atoms with Crippen molar-refractivity contribution < 1.29 is 13.2 Å². The first-order valence-corrected chi connectivity index (χ1v) is 5.14. The summed E-state index contributed by atoms with van der Waals surface area (Å²) in [5.41, 5.74) is 5.73. The monoisotopic (exact) mass is 240 g/mol. The van der Waals surface area contributed by atoms with Gasteiger partial charge in [-0.2, -0.15) is 13.2 Å². The first-order valence-electron chi connectivity index (χ1n) is 5.14. The highest BCUT2D eigenvalue weighted by Crippen LogP contribution is 2.36. The van der Waals surface area contributed by atoms with Crippen LogP contribution in [0.25, 0.3) is 10.9 Å². The number of halogens is 3. The predicted molar refractivity (Wildman–Crippen MR) is 59.6 cm³/mol. The summed E-state index contributed by atoms with van der Waals surface area (Å²) in [5, 5.41) is 0.688. The Bertz CT molecular complexity index is 517. The van der Waals surface area contributed by atoms with E-state index >= 15 is 0 Å². The summed E-state index contributed by atoms with van der Waals surface area (Å²) in [6.07, 6.45) is -2.86. The summed E-state index contributed by atoms with van der Waals surface area (Å²) in [5.74, 6) is -1.67. The lowest BCUT2D eigenvalue weighted by Gasteiger charge is -2.19. The van der Waals surface area contributed by atoms with E-state index in [9.17, 15) is 13.2 Å². The number of fused-ring (bicyclic) bond motifs is 1. The highest BCUT2D eigenvalue weighted by Gasteiger charge is 2.40. The molecule has 2 rings (SSSR count). The van der Waals surface area contributed by atoms with Crippen molar-refractivity contribution in [1.82, 2.24) is 4.98 Å². The van der Waals surface area contributed by atoms with Gasteiger partial charge in [0.05, 0.1) is 11.4 Å². The number of benzene rings is 1. The van der Waals surface area contributed by atoms with Gasteiger partial charge >= 0.3 is 6.18 Å². The van der Waals surface area contributed by atoms with Gasteiger partial charge in [-0.05, 0) is 11.6 Å². The Hall–Kier alpha value is -1.62. The Morgan fingerprint density at radius 1 is 1.18 bits per heavy atom. The molecule has 2 N–H and O–H groups in total. The molecule has 0 saturated carbocycles. The average Bonchev–Trinajstić information content (AvgIpc) is 2.28. The van der Waals surface area contributed by atoms with Crippen LogP contribution in [0, 0.1) is 0 Å². The van der Waals surface area contributed by atoms with E-state index in [0.717, 1.165) is 0 Å². The first kappa shape index (κ1) is 11.9. The van der Waals surface area contributed by atoms with Gasteiger partial charge in [-0.3, -0.25) is 4.98 Å². The number of nitrogens with two attached hydrogens (primary N) is 1. The summed E-state index contributed by atoms with van der Waals surface area (Å²) in [4.78, 5) is 4.01. The van der Waals surface area contributed by atoms with Gasteiger partial charge in [0.1, 0.15) is 0 Å². The third-order valence-electron chi connectivity index (χ3n) is 2.67. The second-order valence-electron chi connectivity index (χ2n) is 3.75. The van der Waals surface area contributed by atoms with Gasteiger partial charge in [0, 0.05) is 18.1 Å². The number of hydrogen-bond donors (Lipinski definition) is 1. The number of nitrogens with zero attached hydrogens (tertiary/aromatic N) is 1. The number of rotatable bonds is 2. The smallest absolute Gasteiger partial charge is 0.330 e. The van der Waals surface area contributed by atoms with E-state index in [1.165, 1.54) is 12.3 Å². The van der Waals surface area contributed by atoms with Gasteiger partial charge in [0.25, 0.3) is 0 Å². The van der Waals surface area contributed by atoms with E-state index in [1.807, 2.05) is 0 Å². The van der Waals surface area contributed by atoms with Crippen LogP contribution in [-0.4, -0.2) is 17.7 Å². The fraction of sp³-hybridized carbons (Fsp3) is 0.250. The van der Waals surface area contributed by atoms with E-state index in [4.69, 9.17) is 5.73 Å². The molecule has 1 heterocycles. The van der Waals surface area contributed by atoms with Gasteiger partial charge in [0.2, 0.25) is 0 Å². The second-order valence-corrected chi connectivity index (χ2v) is 3.75. The van der Waals surface area contributed by atoms with Crippen molar-refractivity contribution >= 4 is 10.9 Å². The number of aromatic nitrogens is 1. The molecule has 2 aromatic rings. The molecule has 0 amide bonds. The van der Waals surface area contributed by atoms with Gasteiger partial charge < -0.3 is 5.73 Å². The fourth-order valence-electron chi connectivity index (χ4n) is 1.85. The maximum Gasteiger partial charge on any atom is 0.397 e. The number of para-hydroxylation sites is 1. The molecule has 0 radical (unpaired) electrons. The third-order valence-corrected chi connectivity index (χ3v) is 2.67. The van der Waals surface area contributed by atoms with E-state index < -0.39 is 18.6 Å². The van der Waals surface area contributed by atoms with Crippen LogP contribution in [0.5, 0.6) is 0 Å². The van der Waals surface area contributed by atoms with Crippen LogP contribution in [0.4, 0.5) is 13.2 Å². The van der Waals surface area contributed by atoms with E-state index in [2.05, 4.69) is 4.98 Å². The zero-order valence-electron chi connectivity index (χ0n) is 8.91. The number of alkyl halides is 3. The lowest BCUT2D eigenvalue weighted by atomic mass is 9.96. The molecule has 0 spiro atoms. The second kappa shape index (κ2) is 4.33. The molecule has 0 aliphatic carbocycles. The van der Waals surface area contributed by atoms with Crippen molar-refractivity contribution in [1.29, 1.82) is 0 Å². The molecule has 0 saturated heterocycles. The minimum absolute atomic E-state index is 0.137. The third kappa shape index (κ3) is 2.24. The largest absolute Gasteiger partial charge is 0.397 e. The standard InChI is InChI=1S/C12H11F3N2/c13-12(14,15)10(7-16)9-5-1-3-8-4-2-6-17-11(8)9/h1-6,10H,7,16H2. The average molecular weight is 240 g/mol. The summed E-state index contributed by atoms with van der Waals surface area (Å²) >= 11 is 0. The Balaban J connectivity index is 2.62. The maximum absolute atomic E-state index is 12.8. The molecule has 1 atom stereocenters. The highest BCUT2D eigenvalue weighted by molar-refractivity contribution is 5.82. The van der Waals surface area contributed by atoms with Crippen LogP contribution >= 0.6 is 0 Å². The van der Waals surface area contributed by atoms with Crippen molar-refractivity contribution in [2.75, 3.05) is 6.54 Å². The van der Waals surface area contributed by atoms with Gasteiger partial charge in [-0.15, -0.1) is 0 Å². The Morgan fingerprint density at radius 2 is 1.88 bits per heavy atom. The maximum atomic E-state index is 12.8. The van der Waals surface area contributed by atoms with E-state index in [-0.39, 0.29) is 5.56 Å². The molecule has 0 bridgehead atoms. The molecule has 90 valence electrons. The van der Waals surface area contributed by atoms with Gasteiger partial charge in [-0.1, -0.05) is 24.3 Å². The van der Waals surface area contributed by atoms with Crippen LogP contribution in [0.15, 0.2) is 36.5 Å². The quantitative estimate of drug-likeness (QED) is 0.876. The molecular weight excluding hydrogens is 229 g/mol. The molecule has 1 unspecified atom stereocenters. The Labute approximate surface area is 96.3 Å².